The summed E-state index contributed by atoms with van der Waals surface area (Å²) in [7, 11) is 0. The number of para-hydroxylation sites is 3. The van der Waals surface area contributed by atoms with E-state index in [1.165, 1.54) is 10.8 Å². The maximum absolute atomic E-state index is 9.68. The van der Waals surface area contributed by atoms with Crippen LogP contribution in [0.5, 0.6) is 0 Å². The third-order valence-electron chi connectivity index (χ3n) is 9.58. The van der Waals surface area contributed by atoms with Crippen molar-refractivity contribution in [3.05, 3.63) is 180 Å². The predicted molar refractivity (Wildman–Crippen MR) is 203 cm³/mol. The van der Waals surface area contributed by atoms with Crippen LogP contribution in [0.3, 0.4) is 0 Å². The van der Waals surface area contributed by atoms with Crippen LogP contribution in [0.4, 0.5) is 11.4 Å². The van der Waals surface area contributed by atoms with Gasteiger partial charge < -0.3 is 9.13 Å². The van der Waals surface area contributed by atoms with Gasteiger partial charge in [-0.05, 0) is 76.9 Å². The zero-order valence-electron chi connectivity index (χ0n) is 26.7. The molecular weight excluding hydrogens is 611 g/mol. The lowest BCUT2D eigenvalue weighted by atomic mass is 9.96. The van der Waals surface area contributed by atoms with E-state index in [2.05, 4.69) is 116 Å². The van der Waals surface area contributed by atoms with Crippen molar-refractivity contribution in [1.29, 1.82) is 5.26 Å². The minimum absolute atomic E-state index is 0.534. The van der Waals surface area contributed by atoms with Gasteiger partial charge in [0.25, 0.3) is 0 Å². The van der Waals surface area contributed by atoms with Crippen LogP contribution in [0.15, 0.2) is 152 Å². The summed E-state index contributed by atoms with van der Waals surface area (Å²) in [4.78, 5) is 7.68. The molecule has 7 aromatic carbocycles. The first-order chi connectivity index (χ1) is 24.7. The van der Waals surface area contributed by atoms with E-state index in [0.29, 0.717) is 16.9 Å². The number of nitrogens with zero attached hydrogens (tertiary/aromatic N) is 5. The van der Waals surface area contributed by atoms with Gasteiger partial charge in [0.1, 0.15) is 0 Å². The minimum Gasteiger partial charge on any atom is -0.310 e. The second-order valence-electron chi connectivity index (χ2n) is 12.3. The number of hydrogen-bond donors (Lipinski definition) is 0. The third-order valence-corrected chi connectivity index (χ3v) is 9.58. The van der Waals surface area contributed by atoms with Crippen LogP contribution >= 0.6 is 0 Å². The maximum atomic E-state index is 9.68. The molecule has 0 atom stereocenters. The summed E-state index contributed by atoms with van der Waals surface area (Å²) in [6, 6.07) is 53.4. The number of nitriles is 1. The van der Waals surface area contributed by atoms with Gasteiger partial charge in [0.2, 0.25) is 0 Å². The average molecular weight is 636 g/mol. The molecule has 0 unspecified atom stereocenters. The molecule has 0 radical (unpaired) electrons. The van der Waals surface area contributed by atoms with Gasteiger partial charge >= 0.3 is 0 Å². The van der Waals surface area contributed by atoms with Crippen molar-refractivity contribution in [2.75, 3.05) is 0 Å². The summed E-state index contributed by atoms with van der Waals surface area (Å²) in [5, 5.41) is 14.0. The van der Waals surface area contributed by atoms with Gasteiger partial charge in [0, 0.05) is 32.7 Å². The SMILES string of the molecule is [C-]#[N+]c1ccc2c3cc(C#N)ccc3n(-c3ccccc3-c3cc(-c4cccc(-n5c6ccccc6c6ccccc65)c4)ccc3[N+]#[C-])c2c1. The zero-order chi connectivity index (χ0) is 33.8. The molecular formula is C45H25N5. The zero-order valence-corrected chi connectivity index (χ0v) is 26.7. The molecule has 5 nitrogen and oxygen atoms in total. The highest BCUT2D eigenvalue weighted by Gasteiger charge is 2.19. The van der Waals surface area contributed by atoms with E-state index in [9.17, 15) is 5.26 Å². The lowest BCUT2D eigenvalue weighted by molar-refractivity contribution is 1.18. The maximum Gasteiger partial charge on any atom is 0.195 e. The van der Waals surface area contributed by atoms with Crippen LogP contribution in [0.1, 0.15) is 5.56 Å². The second kappa shape index (κ2) is 11.4. The summed E-state index contributed by atoms with van der Waals surface area (Å²) >= 11 is 0. The molecule has 0 amide bonds. The molecule has 0 aliphatic carbocycles. The topological polar surface area (TPSA) is 42.4 Å². The molecule has 0 aliphatic heterocycles. The Morgan fingerprint density at radius 2 is 1.18 bits per heavy atom. The van der Waals surface area contributed by atoms with Gasteiger partial charge in [0.15, 0.2) is 11.4 Å². The smallest absolute Gasteiger partial charge is 0.195 e. The van der Waals surface area contributed by atoms with Crippen molar-refractivity contribution in [3.63, 3.8) is 0 Å². The van der Waals surface area contributed by atoms with Crippen molar-refractivity contribution in [2.45, 2.75) is 0 Å². The highest BCUT2D eigenvalue weighted by Crippen LogP contribution is 2.42. The van der Waals surface area contributed by atoms with Crippen LogP contribution in [0.2, 0.25) is 0 Å². The molecule has 9 aromatic rings. The fourth-order valence-electron chi connectivity index (χ4n) is 7.36. The summed E-state index contributed by atoms with van der Waals surface area (Å²) in [5.74, 6) is 0. The van der Waals surface area contributed by atoms with Crippen LogP contribution in [-0.2, 0) is 0 Å². The van der Waals surface area contributed by atoms with Crippen LogP contribution in [-0.4, -0.2) is 9.13 Å². The Hall–Kier alpha value is -7.39. The minimum atomic E-state index is 0.534. The number of hydrogen-bond acceptors (Lipinski definition) is 1. The molecule has 0 N–H and O–H groups in total. The highest BCUT2D eigenvalue weighted by atomic mass is 15.0. The first kappa shape index (κ1) is 28.8. The first-order valence-electron chi connectivity index (χ1n) is 16.2. The Morgan fingerprint density at radius 3 is 1.94 bits per heavy atom. The van der Waals surface area contributed by atoms with E-state index in [1.807, 2.05) is 60.7 Å². The largest absolute Gasteiger partial charge is 0.310 e. The van der Waals surface area contributed by atoms with E-state index in [1.54, 1.807) is 0 Å². The summed E-state index contributed by atoms with van der Waals surface area (Å²) in [6.45, 7) is 15.9. The van der Waals surface area contributed by atoms with Crippen molar-refractivity contribution in [3.8, 4) is 39.7 Å². The second-order valence-corrected chi connectivity index (χ2v) is 12.3. The first-order valence-corrected chi connectivity index (χ1v) is 16.2. The molecule has 2 aromatic heterocycles. The normalized spacial score (nSPS) is 11.1. The lowest BCUT2D eigenvalue weighted by Gasteiger charge is -2.16. The van der Waals surface area contributed by atoms with Crippen molar-refractivity contribution >= 4 is 55.0 Å². The number of aromatic nitrogens is 2. The molecule has 0 bridgehead atoms. The summed E-state index contributed by atoms with van der Waals surface area (Å²) < 4.78 is 4.47. The van der Waals surface area contributed by atoms with Gasteiger partial charge in [-0.15, -0.1) is 0 Å². The quantitative estimate of drug-likeness (QED) is 0.177. The standard InChI is InChI=1S/C45H25N5/c1-47-32-20-21-37-39-24-29(28-46)18-23-44(39)50(45(37)27-32)43-17-8-5-14-36(43)38-26-31(19-22-40(38)48-2)30-10-9-11-33(25-30)49-41-15-6-3-12-34(41)35-13-4-7-16-42(35)49/h3-27H. The van der Waals surface area contributed by atoms with E-state index in [0.717, 1.165) is 66.5 Å². The average Bonchev–Trinajstić information content (AvgIpc) is 3.69. The van der Waals surface area contributed by atoms with Gasteiger partial charge in [0.05, 0.1) is 47.0 Å². The molecule has 0 spiro atoms. The van der Waals surface area contributed by atoms with Gasteiger partial charge in [-0.25, -0.2) is 9.69 Å². The van der Waals surface area contributed by atoms with Crippen molar-refractivity contribution < 1.29 is 0 Å². The Labute approximate surface area is 288 Å². The van der Waals surface area contributed by atoms with Crippen LogP contribution in [0, 0.1) is 24.5 Å². The molecule has 9 rings (SSSR count). The van der Waals surface area contributed by atoms with Gasteiger partial charge in [-0.2, -0.15) is 5.26 Å². The van der Waals surface area contributed by atoms with E-state index in [4.69, 9.17) is 13.1 Å². The monoisotopic (exact) mass is 635 g/mol. The molecule has 0 aliphatic rings. The number of fused-ring (bicyclic) bond motifs is 6. The Kier molecular flexibility index (Phi) is 6.56. The molecule has 2 heterocycles. The van der Waals surface area contributed by atoms with Crippen LogP contribution in [0.25, 0.3) is 86.9 Å². The molecule has 0 saturated carbocycles. The molecule has 230 valence electrons. The highest BCUT2D eigenvalue weighted by molar-refractivity contribution is 6.11. The van der Waals surface area contributed by atoms with Crippen molar-refractivity contribution in [2.24, 2.45) is 0 Å². The molecule has 5 heteroatoms. The number of rotatable bonds is 4. The van der Waals surface area contributed by atoms with E-state index in [-0.39, 0.29) is 0 Å². The van der Waals surface area contributed by atoms with Crippen LogP contribution < -0.4 is 0 Å². The third kappa shape index (κ3) is 4.38. The lowest BCUT2D eigenvalue weighted by Crippen LogP contribution is -1.97. The Morgan fingerprint density at radius 1 is 0.480 bits per heavy atom. The molecule has 0 fully saturated rings. The molecule has 0 saturated heterocycles. The predicted octanol–water partition coefficient (Wildman–Crippen LogP) is 12.2. The fourth-order valence-corrected chi connectivity index (χ4v) is 7.36. The Bertz CT molecular complexity index is 2920. The fraction of sp³-hybridized carbons (Fsp3) is 0. The van der Waals surface area contributed by atoms with Gasteiger partial charge in [-0.3, -0.25) is 0 Å². The molecule has 50 heavy (non-hydrogen) atoms. The number of benzene rings is 7. The van der Waals surface area contributed by atoms with E-state index < -0.39 is 0 Å². The Balaban J connectivity index is 1.25. The van der Waals surface area contributed by atoms with Gasteiger partial charge in [-0.1, -0.05) is 97.1 Å². The summed E-state index contributed by atoms with van der Waals surface area (Å²) in [6.07, 6.45) is 0. The summed E-state index contributed by atoms with van der Waals surface area (Å²) in [5.41, 5.74) is 11.5. The van der Waals surface area contributed by atoms with E-state index >= 15 is 0 Å². The van der Waals surface area contributed by atoms with Crippen molar-refractivity contribution in [1.82, 2.24) is 9.13 Å².